The minimum Gasteiger partial charge on any atom is -0.491 e. The molecule has 0 bridgehead atoms. The standard InChI is InChI=1S/C13H17NO/c1-10-4-2-5-11-12(10)14-8-13(9-15-11)6-3-7-13/h2,4-5,14H,3,6-9H2,1H3. The van der Waals surface area contributed by atoms with Crippen molar-refractivity contribution in [1.82, 2.24) is 0 Å². The van der Waals surface area contributed by atoms with Gasteiger partial charge in [0.2, 0.25) is 0 Å². The van der Waals surface area contributed by atoms with Crippen molar-refractivity contribution in [1.29, 1.82) is 0 Å². The topological polar surface area (TPSA) is 21.3 Å². The van der Waals surface area contributed by atoms with Crippen LogP contribution in [-0.2, 0) is 0 Å². The quantitative estimate of drug-likeness (QED) is 0.700. The highest BCUT2D eigenvalue weighted by Gasteiger charge is 2.39. The first-order valence-electron chi connectivity index (χ1n) is 5.75. The third kappa shape index (κ3) is 1.39. The first kappa shape index (κ1) is 9.08. The zero-order valence-electron chi connectivity index (χ0n) is 9.18. The Morgan fingerprint density at radius 1 is 1.33 bits per heavy atom. The van der Waals surface area contributed by atoms with Gasteiger partial charge in [-0.05, 0) is 31.4 Å². The van der Waals surface area contributed by atoms with Gasteiger partial charge in [0, 0.05) is 12.0 Å². The first-order valence-corrected chi connectivity index (χ1v) is 5.75. The molecule has 1 heterocycles. The van der Waals surface area contributed by atoms with Gasteiger partial charge in [0.1, 0.15) is 5.75 Å². The highest BCUT2D eigenvalue weighted by atomic mass is 16.5. The van der Waals surface area contributed by atoms with Gasteiger partial charge in [-0.15, -0.1) is 0 Å². The smallest absolute Gasteiger partial charge is 0.142 e. The molecule has 15 heavy (non-hydrogen) atoms. The van der Waals surface area contributed by atoms with Gasteiger partial charge in [0.15, 0.2) is 0 Å². The van der Waals surface area contributed by atoms with Crippen molar-refractivity contribution in [2.75, 3.05) is 18.5 Å². The lowest BCUT2D eigenvalue weighted by molar-refractivity contribution is 0.0766. The molecule has 1 aromatic rings. The molecule has 2 nitrogen and oxygen atoms in total. The van der Waals surface area contributed by atoms with Crippen molar-refractivity contribution in [3.63, 3.8) is 0 Å². The van der Waals surface area contributed by atoms with Gasteiger partial charge in [0.05, 0.1) is 12.3 Å². The van der Waals surface area contributed by atoms with Gasteiger partial charge in [-0.25, -0.2) is 0 Å². The molecule has 1 aliphatic heterocycles. The number of rotatable bonds is 0. The Kier molecular flexibility index (Phi) is 1.91. The summed E-state index contributed by atoms with van der Waals surface area (Å²) < 4.78 is 5.92. The second-order valence-corrected chi connectivity index (χ2v) is 4.94. The molecule has 0 radical (unpaired) electrons. The van der Waals surface area contributed by atoms with E-state index in [1.54, 1.807) is 0 Å². The zero-order chi connectivity index (χ0) is 10.3. The van der Waals surface area contributed by atoms with Crippen LogP contribution in [0, 0.1) is 12.3 Å². The lowest BCUT2D eigenvalue weighted by Crippen LogP contribution is -2.40. The van der Waals surface area contributed by atoms with Crippen LogP contribution in [0.1, 0.15) is 24.8 Å². The van der Waals surface area contributed by atoms with E-state index in [0.717, 1.165) is 18.9 Å². The van der Waals surface area contributed by atoms with Crippen LogP contribution in [0.4, 0.5) is 5.69 Å². The van der Waals surface area contributed by atoms with E-state index in [-0.39, 0.29) is 0 Å². The molecule has 1 fully saturated rings. The third-order valence-electron chi connectivity index (χ3n) is 3.82. The van der Waals surface area contributed by atoms with Crippen molar-refractivity contribution in [3.05, 3.63) is 23.8 Å². The van der Waals surface area contributed by atoms with Crippen LogP contribution in [0.3, 0.4) is 0 Å². The Balaban J connectivity index is 1.91. The Morgan fingerprint density at radius 3 is 2.93 bits per heavy atom. The summed E-state index contributed by atoms with van der Waals surface area (Å²) in [5.74, 6) is 1.03. The molecule has 0 atom stereocenters. The van der Waals surface area contributed by atoms with Crippen molar-refractivity contribution in [2.24, 2.45) is 5.41 Å². The molecule has 1 N–H and O–H groups in total. The van der Waals surface area contributed by atoms with Gasteiger partial charge in [-0.2, -0.15) is 0 Å². The van der Waals surface area contributed by atoms with Crippen LogP contribution in [0.5, 0.6) is 5.75 Å². The van der Waals surface area contributed by atoms with Crippen molar-refractivity contribution >= 4 is 5.69 Å². The monoisotopic (exact) mass is 203 g/mol. The summed E-state index contributed by atoms with van der Waals surface area (Å²) >= 11 is 0. The van der Waals surface area contributed by atoms with Crippen molar-refractivity contribution < 1.29 is 4.74 Å². The molecule has 0 aromatic heterocycles. The number of hydrogen-bond donors (Lipinski definition) is 1. The van der Waals surface area contributed by atoms with E-state index >= 15 is 0 Å². The molecule has 1 aromatic carbocycles. The molecular weight excluding hydrogens is 186 g/mol. The van der Waals surface area contributed by atoms with E-state index in [2.05, 4.69) is 30.4 Å². The predicted octanol–water partition coefficient (Wildman–Crippen LogP) is 2.97. The van der Waals surface area contributed by atoms with Crippen LogP contribution in [0.25, 0.3) is 0 Å². The van der Waals surface area contributed by atoms with Crippen LogP contribution in [0.15, 0.2) is 18.2 Å². The number of anilines is 1. The third-order valence-corrected chi connectivity index (χ3v) is 3.82. The predicted molar refractivity (Wildman–Crippen MR) is 61.4 cm³/mol. The largest absolute Gasteiger partial charge is 0.491 e. The maximum Gasteiger partial charge on any atom is 0.142 e. The summed E-state index contributed by atoms with van der Waals surface area (Å²) in [5.41, 5.74) is 2.90. The lowest BCUT2D eigenvalue weighted by atomic mass is 9.69. The van der Waals surface area contributed by atoms with E-state index in [9.17, 15) is 0 Å². The van der Waals surface area contributed by atoms with Crippen molar-refractivity contribution in [3.8, 4) is 5.75 Å². The van der Waals surface area contributed by atoms with E-state index in [0.29, 0.717) is 5.41 Å². The minimum atomic E-state index is 0.422. The van der Waals surface area contributed by atoms with Gasteiger partial charge in [-0.3, -0.25) is 0 Å². The number of benzene rings is 1. The molecule has 0 saturated heterocycles. The first-order chi connectivity index (χ1) is 7.29. The zero-order valence-corrected chi connectivity index (χ0v) is 9.18. The van der Waals surface area contributed by atoms with Crippen molar-refractivity contribution in [2.45, 2.75) is 26.2 Å². The molecule has 1 aliphatic carbocycles. The number of ether oxygens (including phenoxy) is 1. The highest BCUT2D eigenvalue weighted by molar-refractivity contribution is 5.62. The molecule has 2 aliphatic rings. The summed E-state index contributed by atoms with van der Waals surface area (Å²) in [6.07, 6.45) is 3.99. The van der Waals surface area contributed by atoms with E-state index in [1.807, 2.05) is 0 Å². The molecule has 3 rings (SSSR count). The Bertz CT molecular complexity index is 382. The summed E-state index contributed by atoms with van der Waals surface area (Å²) in [5, 5.41) is 3.56. The van der Waals surface area contributed by atoms with Crippen LogP contribution in [-0.4, -0.2) is 13.2 Å². The molecule has 1 spiro atoms. The van der Waals surface area contributed by atoms with E-state index < -0.39 is 0 Å². The maximum atomic E-state index is 5.92. The van der Waals surface area contributed by atoms with Crippen LogP contribution >= 0.6 is 0 Å². The molecule has 2 heteroatoms. The fraction of sp³-hybridized carbons (Fsp3) is 0.538. The molecule has 1 saturated carbocycles. The summed E-state index contributed by atoms with van der Waals surface area (Å²) in [6, 6.07) is 6.26. The van der Waals surface area contributed by atoms with Crippen LogP contribution in [0.2, 0.25) is 0 Å². The van der Waals surface area contributed by atoms with Gasteiger partial charge >= 0.3 is 0 Å². The lowest BCUT2D eigenvalue weighted by Gasteiger charge is -2.40. The SMILES string of the molecule is Cc1cccc2c1NCC1(CCC1)CO2. The Hall–Kier alpha value is -1.18. The minimum absolute atomic E-state index is 0.422. The average Bonchev–Trinajstić information content (AvgIpc) is 2.37. The van der Waals surface area contributed by atoms with E-state index in [1.165, 1.54) is 30.5 Å². The highest BCUT2D eigenvalue weighted by Crippen LogP contribution is 2.44. The van der Waals surface area contributed by atoms with Gasteiger partial charge in [-0.1, -0.05) is 18.6 Å². The molecule has 80 valence electrons. The molecule has 0 amide bonds. The Morgan fingerprint density at radius 2 is 2.20 bits per heavy atom. The fourth-order valence-electron chi connectivity index (χ4n) is 2.54. The summed E-state index contributed by atoms with van der Waals surface area (Å²) in [6.45, 7) is 4.09. The number of nitrogens with one attached hydrogen (secondary N) is 1. The molecule has 0 unspecified atom stereocenters. The summed E-state index contributed by atoms with van der Waals surface area (Å²) in [7, 11) is 0. The number of para-hydroxylation sites is 1. The van der Waals surface area contributed by atoms with E-state index in [4.69, 9.17) is 4.74 Å². The van der Waals surface area contributed by atoms with Gasteiger partial charge in [0.25, 0.3) is 0 Å². The Labute approximate surface area is 90.6 Å². The normalized spacial score (nSPS) is 21.9. The second kappa shape index (κ2) is 3.16. The summed E-state index contributed by atoms with van der Waals surface area (Å²) in [4.78, 5) is 0. The number of fused-ring (bicyclic) bond motifs is 1. The number of hydrogen-bond acceptors (Lipinski definition) is 2. The molecular formula is C13H17NO. The number of aryl methyl sites for hydroxylation is 1. The maximum absolute atomic E-state index is 5.92. The van der Waals surface area contributed by atoms with Crippen LogP contribution < -0.4 is 10.1 Å². The van der Waals surface area contributed by atoms with Gasteiger partial charge < -0.3 is 10.1 Å². The average molecular weight is 203 g/mol. The fourth-order valence-corrected chi connectivity index (χ4v) is 2.54. The second-order valence-electron chi connectivity index (χ2n) is 4.94.